The molecule has 76 valence electrons. The van der Waals surface area contributed by atoms with Gasteiger partial charge in [-0.25, -0.2) is 0 Å². The molecule has 1 rings (SSSR count). The van der Waals surface area contributed by atoms with E-state index in [1.54, 1.807) is 24.3 Å². The first kappa shape index (κ1) is 11.1. The molecule has 0 aliphatic carbocycles. The quantitative estimate of drug-likeness (QED) is 0.874. The molecule has 3 nitrogen and oxygen atoms in total. The minimum Gasteiger partial charge on any atom is -0.504 e. The van der Waals surface area contributed by atoms with Gasteiger partial charge in [-0.3, -0.25) is 0 Å². The van der Waals surface area contributed by atoms with E-state index in [-0.39, 0.29) is 12.4 Å². The summed E-state index contributed by atoms with van der Waals surface area (Å²) < 4.78 is 5.73. The molecule has 0 aliphatic rings. The highest BCUT2D eigenvalue weighted by atomic mass is 79.9. The number of aliphatic hydroxyl groups excluding tert-OH is 1. The standard InChI is InChI=1S/C10H11BrO3/c1-14-10-6-8(11)7(3-2-4-12)5-9(10)13/h2-3,5-6,12-13H,4H2,1H3. The van der Waals surface area contributed by atoms with E-state index in [9.17, 15) is 5.11 Å². The van der Waals surface area contributed by atoms with Crippen molar-refractivity contribution < 1.29 is 14.9 Å². The van der Waals surface area contributed by atoms with E-state index in [1.807, 2.05) is 0 Å². The van der Waals surface area contributed by atoms with Gasteiger partial charge >= 0.3 is 0 Å². The van der Waals surface area contributed by atoms with Crippen LogP contribution in [0.15, 0.2) is 22.7 Å². The number of ether oxygens (including phenoxy) is 1. The first-order chi connectivity index (χ1) is 6.69. The number of hydrogen-bond acceptors (Lipinski definition) is 3. The molecule has 0 aromatic heterocycles. The van der Waals surface area contributed by atoms with Crippen molar-refractivity contribution in [2.24, 2.45) is 0 Å². The molecular weight excluding hydrogens is 248 g/mol. The third-order valence-electron chi connectivity index (χ3n) is 1.70. The summed E-state index contributed by atoms with van der Waals surface area (Å²) in [4.78, 5) is 0. The van der Waals surface area contributed by atoms with Crippen LogP contribution in [0.25, 0.3) is 6.08 Å². The lowest BCUT2D eigenvalue weighted by Crippen LogP contribution is -1.85. The summed E-state index contributed by atoms with van der Waals surface area (Å²) in [5, 5.41) is 18.1. The predicted molar refractivity (Wildman–Crippen MR) is 58.5 cm³/mol. The van der Waals surface area contributed by atoms with Gasteiger partial charge in [-0.1, -0.05) is 28.1 Å². The van der Waals surface area contributed by atoms with Gasteiger partial charge in [0.05, 0.1) is 13.7 Å². The maximum atomic E-state index is 9.47. The maximum absolute atomic E-state index is 9.47. The fourth-order valence-electron chi connectivity index (χ4n) is 1.03. The number of halogens is 1. The Hall–Kier alpha value is -1.00. The second kappa shape index (κ2) is 5.02. The molecule has 0 aliphatic heterocycles. The zero-order valence-electron chi connectivity index (χ0n) is 7.70. The van der Waals surface area contributed by atoms with Crippen molar-refractivity contribution in [3.8, 4) is 11.5 Å². The van der Waals surface area contributed by atoms with Gasteiger partial charge in [0.1, 0.15) is 0 Å². The Kier molecular flexibility index (Phi) is 3.98. The van der Waals surface area contributed by atoms with Gasteiger partial charge in [0.2, 0.25) is 0 Å². The van der Waals surface area contributed by atoms with Crippen LogP contribution >= 0.6 is 15.9 Å². The van der Waals surface area contributed by atoms with Crippen molar-refractivity contribution in [1.29, 1.82) is 0 Å². The normalized spacial score (nSPS) is 10.8. The van der Waals surface area contributed by atoms with E-state index >= 15 is 0 Å². The van der Waals surface area contributed by atoms with Gasteiger partial charge in [0.15, 0.2) is 11.5 Å². The molecule has 2 N–H and O–H groups in total. The van der Waals surface area contributed by atoms with Gasteiger partial charge < -0.3 is 14.9 Å². The number of phenolic OH excluding ortho intramolecular Hbond substituents is 1. The number of methoxy groups -OCH3 is 1. The van der Waals surface area contributed by atoms with E-state index < -0.39 is 0 Å². The van der Waals surface area contributed by atoms with Gasteiger partial charge in [-0.2, -0.15) is 0 Å². The van der Waals surface area contributed by atoms with Crippen LogP contribution in [0.5, 0.6) is 11.5 Å². The highest BCUT2D eigenvalue weighted by Crippen LogP contribution is 2.32. The Balaban J connectivity index is 3.08. The summed E-state index contributed by atoms with van der Waals surface area (Å²) in [7, 11) is 1.49. The fraction of sp³-hybridized carbons (Fsp3) is 0.200. The number of rotatable bonds is 3. The van der Waals surface area contributed by atoms with Crippen LogP contribution in [0.1, 0.15) is 5.56 Å². The Morgan fingerprint density at radius 3 is 2.79 bits per heavy atom. The lowest BCUT2D eigenvalue weighted by Gasteiger charge is -2.06. The van der Waals surface area contributed by atoms with Crippen molar-refractivity contribution in [2.45, 2.75) is 0 Å². The Morgan fingerprint density at radius 2 is 2.21 bits per heavy atom. The Labute approximate surface area is 90.8 Å². The van der Waals surface area contributed by atoms with Crippen LogP contribution < -0.4 is 4.74 Å². The SMILES string of the molecule is COc1cc(Br)c(C=CCO)cc1O. The monoisotopic (exact) mass is 258 g/mol. The van der Waals surface area contributed by atoms with Crippen LogP contribution in [0.2, 0.25) is 0 Å². The number of benzene rings is 1. The Morgan fingerprint density at radius 1 is 1.50 bits per heavy atom. The van der Waals surface area contributed by atoms with Crippen molar-refractivity contribution in [3.05, 3.63) is 28.2 Å². The van der Waals surface area contributed by atoms with Crippen LogP contribution in [-0.2, 0) is 0 Å². The summed E-state index contributed by atoms with van der Waals surface area (Å²) in [5.41, 5.74) is 0.789. The molecular formula is C10H11BrO3. The first-order valence-corrected chi connectivity index (χ1v) is 4.82. The summed E-state index contributed by atoms with van der Waals surface area (Å²) in [6.45, 7) is -0.0285. The van der Waals surface area contributed by atoms with Gasteiger partial charge in [-0.05, 0) is 17.7 Å². The lowest BCUT2D eigenvalue weighted by molar-refractivity contribution is 0.343. The van der Waals surface area contributed by atoms with Gasteiger partial charge in [0, 0.05) is 4.47 Å². The molecule has 0 saturated carbocycles. The summed E-state index contributed by atoms with van der Waals surface area (Å²) in [5.74, 6) is 0.492. The van der Waals surface area contributed by atoms with E-state index in [1.165, 1.54) is 7.11 Å². The molecule has 0 atom stereocenters. The molecule has 14 heavy (non-hydrogen) atoms. The maximum Gasteiger partial charge on any atom is 0.161 e. The van der Waals surface area contributed by atoms with Crippen LogP contribution in [0.3, 0.4) is 0 Å². The third-order valence-corrected chi connectivity index (χ3v) is 2.39. The van der Waals surface area contributed by atoms with Crippen molar-refractivity contribution >= 4 is 22.0 Å². The third kappa shape index (κ3) is 2.49. The molecule has 0 radical (unpaired) electrons. The predicted octanol–water partition coefficient (Wildman–Crippen LogP) is 2.17. The molecule has 0 saturated heterocycles. The minimum atomic E-state index is -0.0285. The lowest BCUT2D eigenvalue weighted by atomic mass is 10.2. The first-order valence-electron chi connectivity index (χ1n) is 4.03. The zero-order chi connectivity index (χ0) is 10.6. The molecule has 1 aromatic carbocycles. The molecule has 0 bridgehead atoms. The van der Waals surface area contributed by atoms with Crippen LogP contribution in [0.4, 0.5) is 0 Å². The number of phenols is 1. The van der Waals surface area contributed by atoms with E-state index in [0.717, 1.165) is 10.0 Å². The van der Waals surface area contributed by atoms with Crippen LogP contribution in [0, 0.1) is 0 Å². The summed E-state index contributed by atoms with van der Waals surface area (Å²) >= 11 is 3.33. The summed E-state index contributed by atoms with van der Waals surface area (Å²) in [6, 6.07) is 3.24. The molecule has 0 spiro atoms. The average Bonchev–Trinajstić information content (AvgIpc) is 2.18. The average molecular weight is 259 g/mol. The number of hydrogen-bond donors (Lipinski definition) is 2. The van der Waals surface area contributed by atoms with Crippen molar-refractivity contribution in [1.82, 2.24) is 0 Å². The molecule has 0 unspecified atom stereocenters. The Bertz CT molecular complexity index is 347. The van der Waals surface area contributed by atoms with Gasteiger partial charge in [0.25, 0.3) is 0 Å². The van der Waals surface area contributed by atoms with Crippen LogP contribution in [-0.4, -0.2) is 23.9 Å². The zero-order valence-corrected chi connectivity index (χ0v) is 9.28. The minimum absolute atomic E-state index is 0.0285. The molecule has 0 heterocycles. The van der Waals surface area contributed by atoms with Crippen molar-refractivity contribution in [2.75, 3.05) is 13.7 Å². The second-order valence-corrected chi connectivity index (χ2v) is 3.48. The second-order valence-electron chi connectivity index (χ2n) is 2.63. The fourth-order valence-corrected chi connectivity index (χ4v) is 1.49. The highest BCUT2D eigenvalue weighted by Gasteiger charge is 2.05. The number of aromatic hydroxyl groups is 1. The number of aliphatic hydroxyl groups is 1. The van der Waals surface area contributed by atoms with Crippen molar-refractivity contribution in [3.63, 3.8) is 0 Å². The smallest absolute Gasteiger partial charge is 0.161 e. The molecule has 0 amide bonds. The topological polar surface area (TPSA) is 49.7 Å². The molecule has 1 aromatic rings. The highest BCUT2D eigenvalue weighted by molar-refractivity contribution is 9.10. The summed E-state index contributed by atoms with van der Waals surface area (Å²) in [6.07, 6.45) is 3.30. The largest absolute Gasteiger partial charge is 0.504 e. The van der Waals surface area contributed by atoms with E-state index in [2.05, 4.69) is 15.9 Å². The van der Waals surface area contributed by atoms with Gasteiger partial charge in [-0.15, -0.1) is 0 Å². The molecule has 0 fully saturated rings. The molecule has 4 heteroatoms. The van der Waals surface area contributed by atoms with E-state index in [4.69, 9.17) is 9.84 Å². The van der Waals surface area contributed by atoms with E-state index in [0.29, 0.717) is 5.75 Å².